The molecule has 1 aromatic heterocycles. The Morgan fingerprint density at radius 2 is 1.91 bits per heavy atom. The first kappa shape index (κ1) is 24.5. The molecule has 0 bridgehead atoms. The van der Waals surface area contributed by atoms with Crippen LogP contribution in [0, 0.1) is 5.92 Å². The number of piperidine rings is 1. The third kappa shape index (κ3) is 5.88. The summed E-state index contributed by atoms with van der Waals surface area (Å²) >= 11 is 0. The molecule has 0 radical (unpaired) electrons. The van der Waals surface area contributed by atoms with Gasteiger partial charge in [0.2, 0.25) is 5.91 Å². The molecule has 0 unspecified atom stereocenters. The minimum Gasteiger partial charge on any atom is -0.494 e. The van der Waals surface area contributed by atoms with Gasteiger partial charge in [0.1, 0.15) is 11.8 Å². The van der Waals surface area contributed by atoms with Crippen LogP contribution in [-0.2, 0) is 4.79 Å². The summed E-state index contributed by atoms with van der Waals surface area (Å²) in [6.07, 6.45) is 5.95. The lowest BCUT2D eigenvalue weighted by atomic mass is 9.92. The van der Waals surface area contributed by atoms with E-state index in [0.29, 0.717) is 25.1 Å². The highest BCUT2D eigenvalue weighted by Gasteiger charge is 2.30. The number of carbonyl (C=O) groups excluding carboxylic acids is 1. The zero-order valence-corrected chi connectivity index (χ0v) is 20.4. The lowest BCUT2D eigenvalue weighted by Gasteiger charge is -2.30. The van der Waals surface area contributed by atoms with Crippen molar-refractivity contribution in [3.8, 4) is 5.75 Å². The van der Waals surface area contributed by atoms with Crippen molar-refractivity contribution in [3.05, 3.63) is 35.7 Å². The van der Waals surface area contributed by atoms with Gasteiger partial charge in [-0.1, -0.05) is 31.1 Å². The van der Waals surface area contributed by atoms with Crippen molar-refractivity contribution in [1.29, 1.82) is 0 Å². The zero-order chi connectivity index (χ0) is 24.1. The van der Waals surface area contributed by atoms with Crippen LogP contribution in [0.1, 0.15) is 75.7 Å². The molecule has 9 heteroatoms. The van der Waals surface area contributed by atoms with E-state index in [2.05, 4.69) is 28.9 Å². The second kappa shape index (κ2) is 11.2. The van der Waals surface area contributed by atoms with E-state index in [1.54, 1.807) is 4.90 Å². The van der Waals surface area contributed by atoms with Gasteiger partial charge in [-0.2, -0.15) is 4.98 Å². The number of carbonyl (C=O) groups is 1. The third-order valence-corrected chi connectivity index (χ3v) is 6.95. The Kier molecular flexibility index (Phi) is 8.05. The fourth-order valence-electron chi connectivity index (χ4n) is 4.72. The minimum atomic E-state index is -0.687. The predicted octanol–water partition coefficient (Wildman–Crippen LogP) is 3.18. The van der Waals surface area contributed by atoms with E-state index in [9.17, 15) is 4.79 Å². The fourth-order valence-corrected chi connectivity index (χ4v) is 4.72. The fraction of sp³-hybridized carbons (Fsp3) is 0.640. The van der Waals surface area contributed by atoms with Gasteiger partial charge in [0.25, 0.3) is 0 Å². The van der Waals surface area contributed by atoms with Crippen molar-refractivity contribution >= 4 is 11.9 Å². The summed E-state index contributed by atoms with van der Waals surface area (Å²) in [6, 6.07) is 7.49. The molecule has 4 rings (SSSR count). The Morgan fingerprint density at radius 1 is 1.18 bits per heavy atom. The number of amides is 1. The Bertz CT molecular complexity index is 923. The van der Waals surface area contributed by atoms with E-state index < -0.39 is 6.04 Å². The van der Waals surface area contributed by atoms with Crippen LogP contribution in [0.5, 0.6) is 5.75 Å². The number of anilines is 1. The van der Waals surface area contributed by atoms with Gasteiger partial charge in [0.05, 0.1) is 12.8 Å². The smallest absolute Gasteiger partial charge is 0.324 e. The van der Waals surface area contributed by atoms with E-state index in [1.165, 1.54) is 0 Å². The number of nitrogens with zero attached hydrogens (tertiary/aromatic N) is 4. The molecule has 1 aromatic carbocycles. The molecule has 0 saturated carbocycles. The first-order valence-electron chi connectivity index (χ1n) is 12.6. The topological polar surface area (TPSA) is 124 Å². The lowest BCUT2D eigenvalue weighted by Crippen LogP contribution is -2.45. The molecule has 34 heavy (non-hydrogen) atoms. The number of hydrogen-bond donors (Lipinski definition) is 2. The number of rotatable bonds is 9. The lowest BCUT2D eigenvalue weighted by molar-refractivity contribution is -0.133. The van der Waals surface area contributed by atoms with E-state index in [0.717, 1.165) is 68.8 Å². The standard InChI is InChI=1S/C25H38N6O3/c1-17(2)23-28-25(34-29-23)30-14-11-18(12-15-30)5-4-16-33-20-9-7-19(8-10-20)22(27)24(32)31-13-3-6-21(31)26/h7-10,17-18,21-22H,3-6,11-16,26-27H2,1-2H3/t21-,22-/m0/s1. The zero-order valence-electron chi connectivity index (χ0n) is 20.4. The molecule has 2 aromatic rings. The molecule has 2 aliphatic rings. The molecule has 4 N–H and O–H groups in total. The Balaban J connectivity index is 1.15. The van der Waals surface area contributed by atoms with Crippen molar-refractivity contribution < 1.29 is 14.1 Å². The molecule has 1 amide bonds. The molecule has 2 fully saturated rings. The highest BCUT2D eigenvalue weighted by molar-refractivity contribution is 5.83. The molecule has 2 atom stereocenters. The molecular formula is C25H38N6O3. The van der Waals surface area contributed by atoms with E-state index in [4.69, 9.17) is 20.7 Å². The quantitative estimate of drug-likeness (QED) is 0.536. The van der Waals surface area contributed by atoms with E-state index >= 15 is 0 Å². The highest BCUT2D eigenvalue weighted by atomic mass is 16.5. The van der Waals surface area contributed by atoms with Gasteiger partial charge in [0.15, 0.2) is 5.82 Å². The van der Waals surface area contributed by atoms with Crippen molar-refractivity contribution in [1.82, 2.24) is 15.0 Å². The van der Waals surface area contributed by atoms with Crippen LogP contribution >= 0.6 is 0 Å². The van der Waals surface area contributed by atoms with Gasteiger partial charge >= 0.3 is 6.01 Å². The van der Waals surface area contributed by atoms with Crippen LogP contribution in [-0.4, -0.2) is 53.4 Å². The summed E-state index contributed by atoms with van der Waals surface area (Å²) in [5, 5.41) is 4.07. The Hall–Kier alpha value is -2.65. The molecule has 3 heterocycles. The molecule has 0 spiro atoms. The number of benzene rings is 1. The monoisotopic (exact) mass is 470 g/mol. The summed E-state index contributed by atoms with van der Waals surface area (Å²) in [4.78, 5) is 21.0. The Morgan fingerprint density at radius 3 is 2.53 bits per heavy atom. The van der Waals surface area contributed by atoms with Crippen LogP contribution in [0.15, 0.2) is 28.8 Å². The molecule has 9 nitrogen and oxygen atoms in total. The SMILES string of the molecule is CC(C)c1noc(N2CCC(CCCOc3ccc([C@H](N)C(=O)N4CCC[C@H]4N)cc3)CC2)n1. The summed E-state index contributed by atoms with van der Waals surface area (Å²) < 4.78 is 11.4. The second-order valence-electron chi connectivity index (χ2n) is 9.80. The van der Waals surface area contributed by atoms with Crippen molar-refractivity contribution in [3.63, 3.8) is 0 Å². The van der Waals surface area contributed by atoms with Crippen LogP contribution in [0.25, 0.3) is 0 Å². The summed E-state index contributed by atoms with van der Waals surface area (Å²) in [5.41, 5.74) is 13.0. The number of likely N-dealkylation sites (tertiary alicyclic amines) is 1. The predicted molar refractivity (Wildman–Crippen MR) is 130 cm³/mol. The highest BCUT2D eigenvalue weighted by Crippen LogP contribution is 2.26. The van der Waals surface area contributed by atoms with Crippen molar-refractivity contribution in [2.45, 2.75) is 70.5 Å². The first-order chi connectivity index (χ1) is 16.4. The summed E-state index contributed by atoms with van der Waals surface area (Å²) in [6.45, 7) is 7.40. The summed E-state index contributed by atoms with van der Waals surface area (Å²) in [5.74, 6) is 2.43. The maximum atomic E-state index is 12.6. The normalized spacial score (nSPS) is 20.2. The number of aromatic nitrogens is 2. The van der Waals surface area contributed by atoms with Gasteiger partial charge < -0.3 is 30.5 Å². The maximum Gasteiger partial charge on any atom is 0.324 e. The minimum absolute atomic E-state index is 0.107. The number of ether oxygens (including phenoxy) is 1. The summed E-state index contributed by atoms with van der Waals surface area (Å²) in [7, 11) is 0. The number of nitrogens with two attached hydrogens (primary N) is 2. The second-order valence-corrected chi connectivity index (χ2v) is 9.80. The Labute approximate surface area is 201 Å². The average Bonchev–Trinajstić information content (AvgIpc) is 3.51. The third-order valence-electron chi connectivity index (χ3n) is 6.95. The average molecular weight is 471 g/mol. The van der Waals surface area contributed by atoms with Crippen LogP contribution in [0.2, 0.25) is 0 Å². The van der Waals surface area contributed by atoms with Crippen LogP contribution in [0.3, 0.4) is 0 Å². The van der Waals surface area contributed by atoms with Crippen molar-refractivity contribution in [2.24, 2.45) is 17.4 Å². The van der Waals surface area contributed by atoms with Gasteiger partial charge in [-0.15, -0.1) is 0 Å². The van der Waals surface area contributed by atoms with Gasteiger partial charge in [-0.3, -0.25) is 4.79 Å². The molecule has 0 aliphatic carbocycles. The van der Waals surface area contributed by atoms with Crippen LogP contribution in [0.4, 0.5) is 6.01 Å². The first-order valence-corrected chi connectivity index (χ1v) is 12.6. The van der Waals surface area contributed by atoms with Crippen molar-refractivity contribution in [2.75, 3.05) is 31.1 Å². The molecule has 2 saturated heterocycles. The molecule has 186 valence electrons. The molecule has 2 aliphatic heterocycles. The van der Waals surface area contributed by atoms with E-state index in [1.807, 2.05) is 24.3 Å². The maximum absolute atomic E-state index is 12.6. The van der Waals surface area contributed by atoms with Crippen LogP contribution < -0.4 is 21.1 Å². The number of hydrogen-bond acceptors (Lipinski definition) is 8. The van der Waals surface area contributed by atoms with Gasteiger partial charge in [-0.05, 0) is 62.1 Å². The molecular weight excluding hydrogens is 432 g/mol. The van der Waals surface area contributed by atoms with Gasteiger partial charge in [0, 0.05) is 25.6 Å². The largest absolute Gasteiger partial charge is 0.494 e. The van der Waals surface area contributed by atoms with Gasteiger partial charge in [-0.25, -0.2) is 0 Å². The van der Waals surface area contributed by atoms with E-state index in [-0.39, 0.29) is 18.0 Å².